The van der Waals surface area contributed by atoms with Crippen LogP contribution < -0.4 is 11.1 Å². The highest BCUT2D eigenvalue weighted by Gasteiger charge is 2.08. The van der Waals surface area contributed by atoms with Gasteiger partial charge in [0.2, 0.25) is 0 Å². The molecule has 4 N–H and O–H groups in total. The summed E-state index contributed by atoms with van der Waals surface area (Å²) >= 11 is 0. The molecule has 0 heterocycles. The molecule has 0 aliphatic carbocycles. The normalized spacial score (nSPS) is 12.2. The van der Waals surface area contributed by atoms with Crippen LogP contribution in [-0.4, -0.2) is 30.2 Å². The molecule has 4 nitrogen and oxygen atoms in total. The second-order valence-corrected chi connectivity index (χ2v) is 4.12. The first-order valence-corrected chi connectivity index (χ1v) is 5.88. The average Bonchev–Trinajstić information content (AvgIpc) is 2.30. The molecule has 0 saturated heterocycles. The molecule has 0 radical (unpaired) electrons. The zero-order valence-corrected chi connectivity index (χ0v) is 10.1. The van der Waals surface area contributed by atoms with E-state index in [2.05, 4.69) is 5.32 Å². The highest BCUT2D eigenvalue weighted by molar-refractivity contribution is 5.94. The van der Waals surface area contributed by atoms with Gasteiger partial charge in [-0.2, -0.15) is 0 Å². The van der Waals surface area contributed by atoms with Crippen LogP contribution >= 0.6 is 0 Å². The minimum absolute atomic E-state index is 0.0174. The molecule has 0 aliphatic heterocycles. The molecule has 17 heavy (non-hydrogen) atoms. The van der Waals surface area contributed by atoms with Crippen molar-refractivity contribution in [3.05, 3.63) is 35.4 Å². The SMILES string of the molecule is CC(CCO)NC(=O)c1ccc(CCN)cc1. The van der Waals surface area contributed by atoms with E-state index < -0.39 is 0 Å². The topological polar surface area (TPSA) is 75.3 Å². The predicted molar refractivity (Wildman–Crippen MR) is 67.8 cm³/mol. The first-order chi connectivity index (χ1) is 8.17. The second kappa shape index (κ2) is 7.04. The van der Waals surface area contributed by atoms with Crippen molar-refractivity contribution >= 4 is 5.91 Å². The van der Waals surface area contributed by atoms with E-state index in [0.29, 0.717) is 18.5 Å². The quantitative estimate of drug-likeness (QED) is 0.680. The molecule has 0 spiro atoms. The smallest absolute Gasteiger partial charge is 0.251 e. The Bertz CT molecular complexity index is 349. The van der Waals surface area contributed by atoms with Crippen LogP contribution in [0.25, 0.3) is 0 Å². The summed E-state index contributed by atoms with van der Waals surface area (Å²) in [6.07, 6.45) is 1.39. The van der Waals surface area contributed by atoms with Gasteiger partial charge in [-0.15, -0.1) is 0 Å². The molecule has 0 fully saturated rings. The zero-order chi connectivity index (χ0) is 12.7. The van der Waals surface area contributed by atoms with Crippen LogP contribution in [0, 0.1) is 0 Å². The Morgan fingerprint density at radius 3 is 2.59 bits per heavy atom. The van der Waals surface area contributed by atoms with E-state index in [-0.39, 0.29) is 18.6 Å². The molecule has 0 bridgehead atoms. The summed E-state index contributed by atoms with van der Waals surface area (Å²) in [5.74, 6) is -0.106. The fraction of sp³-hybridized carbons (Fsp3) is 0.462. The maximum Gasteiger partial charge on any atom is 0.251 e. The highest BCUT2D eigenvalue weighted by atomic mass is 16.3. The summed E-state index contributed by atoms with van der Waals surface area (Å²) < 4.78 is 0. The number of carbonyl (C=O) groups is 1. The Morgan fingerprint density at radius 1 is 1.41 bits per heavy atom. The maximum absolute atomic E-state index is 11.8. The van der Waals surface area contributed by atoms with Crippen LogP contribution in [0.4, 0.5) is 0 Å². The van der Waals surface area contributed by atoms with Gasteiger partial charge in [-0.25, -0.2) is 0 Å². The summed E-state index contributed by atoms with van der Waals surface area (Å²) in [6.45, 7) is 2.56. The molecular formula is C13H20N2O2. The molecule has 1 amide bonds. The van der Waals surface area contributed by atoms with Gasteiger partial charge < -0.3 is 16.2 Å². The Balaban J connectivity index is 2.57. The van der Waals surface area contributed by atoms with E-state index in [0.717, 1.165) is 12.0 Å². The zero-order valence-electron chi connectivity index (χ0n) is 10.1. The highest BCUT2D eigenvalue weighted by Crippen LogP contribution is 2.05. The van der Waals surface area contributed by atoms with Crippen molar-refractivity contribution in [3.8, 4) is 0 Å². The van der Waals surface area contributed by atoms with Gasteiger partial charge in [0.15, 0.2) is 0 Å². The van der Waals surface area contributed by atoms with Crippen molar-refractivity contribution in [1.29, 1.82) is 0 Å². The van der Waals surface area contributed by atoms with Crippen LogP contribution in [0.1, 0.15) is 29.3 Å². The van der Waals surface area contributed by atoms with Gasteiger partial charge in [0.05, 0.1) is 0 Å². The molecular weight excluding hydrogens is 216 g/mol. The van der Waals surface area contributed by atoms with Crippen molar-refractivity contribution in [2.45, 2.75) is 25.8 Å². The summed E-state index contributed by atoms with van der Waals surface area (Å²) in [6, 6.07) is 7.41. The Hall–Kier alpha value is -1.39. The molecule has 1 aromatic carbocycles. The molecule has 1 atom stereocenters. The summed E-state index contributed by atoms with van der Waals surface area (Å²) in [5.41, 5.74) is 7.22. The number of aliphatic hydroxyl groups excluding tert-OH is 1. The summed E-state index contributed by atoms with van der Waals surface area (Å²) in [5, 5.41) is 11.6. The van der Waals surface area contributed by atoms with E-state index in [9.17, 15) is 4.79 Å². The molecule has 0 aliphatic rings. The number of nitrogens with one attached hydrogen (secondary N) is 1. The lowest BCUT2D eigenvalue weighted by Gasteiger charge is -2.12. The van der Waals surface area contributed by atoms with Gasteiger partial charge in [0.1, 0.15) is 0 Å². The van der Waals surface area contributed by atoms with Gasteiger partial charge in [-0.05, 0) is 44.0 Å². The summed E-state index contributed by atoms with van der Waals surface area (Å²) in [4.78, 5) is 11.8. The lowest BCUT2D eigenvalue weighted by molar-refractivity contribution is 0.0934. The van der Waals surface area contributed by atoms with Crippen molar-refractivity contribution in [2.24, 2.45) is 5.73 Å². The first kappa shape index (κ1) is 13.7. The van der Waals surface area contributed by atoms with Gasteiger partial charge in [-0.3, -0.25) is 4.79 Å². The molecule has 0 saturated carbocycles. The molecule has 1 aromatic rings. The van der Waals surface area contributed by atoms with E-state index in [1.54, 1.807) is 12.1 Å². The third kappa shape index (κ3) is 4.54. The van der Waals surface area contributed by atoms with Gasteiger partial charge in [0.25, 0.3) is 5.91 Å². The van der Waals surface area contributed by atoms with Gasteiger partial charge in [-0.1, -0.05) is 12.1 Å². The van der Waals surface area contributed by atoms with Crippen molar-refractivity contribution < 1.29 is 9.90 Å². The lowest BCUT2D eigenvalue weighted by Crippen LogP contribution is -2.33. The van der Waals surface area contributed by atoms with E-state index >= 15 is 0 Å². The molecule has 0 aromatic heterocycles. The lowest BCUT2D eigenvalue weighted by atomic mass is 10.1. The molecule has 4 heteroatoms. The molecule has 94 valence electrons. The van der Waals surface area contributed by atoms with E-state index in [4.69, 9.17) is 10.8 Å². The second-order valence-electron chi connectivity index (χ2n) is 4.12. The Labute approximate surface area is 102 Å². The van der Waals surface area contributed by atoms with Crippen LogP contribution in [0.2, 0.25) is 0 Å². The standard InChI is InChI=1S/C13H20N2O2/c1-10(7-9-16)15-13(17)12-4-2-11(3-5-12)6-8-14/h2-5,10,16H,6-9,14H2,1H3,(H,15,17). The molecule has 1 rings (SSSR count). The number of rotatable bonds is 6. The fourth-order valence-corrected chi connectivity index (χ4v) is 1.56. The third-order valence-corrected chi connectivity index (χ3v) is 2.59. The number of hydrogen-bond donors (Lipinski definition) is 3. The number of aliphatic hydroxyl groups is 1. The number of amides is 1. The number of hydrogen-bond acceptors (Lipinski definition) is 3. The molecule has 1 unspecified atom stereocenters. The predicted octanol–water partition coefficient (Wildman–Crippen LogP) is 0.689. The van der Waals surface area contributed by atoms with Crippen LogP contribution in [0.5, 0.6) is 0 Å². The Kier molecular flexibility index (Phi) is 5.66. The Morgan fingerprint density at radius 2 is 2.06 bits per heavy atom. The van der Waals surface area contributed by atoms with Crippen molar-refractivity contribution in [1.82, 2.24) is 5.32 Å². The number of nitrogens with two attached hydrogens (primary N) is 1. The number of carbonyl (C=O) groups excluding carboxylic acids is 1. The minimum Gasteiger partial charge on any atom is -0.396 e. The van der Waals surface area contributed by atoms with Crippen LogP contribution in [0.3, 0.4) is 0 Å². The summed E-state index contributed by atoms with van der Waals surface area (Å²) in [7, 11) is 0. The third-order valence-electron chi connectivity index (χ3n) is 2.59. The number of benzene rings is 1. The average molecular weight is 236 g/mol. The van der Waals surface area contributed by atoms with Gasteiger partial charge in [0, 0.05) is 18.2 Å². The van der Waals surface area contributed by atoms with Gasteiger partial charge >= 0.3 is 0 Å². The fourth-order valence-electron chi connectivity index (χ4n) is 1.56. The first-order valence-electron chi connectivity index (χ1n) is 5.88. The van der Waals surface area contributed by atoms with Crippen LogP contribution in [0.15, 0.2) is 24.3 Å². The maximum atomic E-state index is 11.8. The monoisotopic (exact) mass is 236 g/mol. The van der Waals surface area contributed by atoms with Crippen molar-refractivity contribution in [3.63, 3.8) is 0 Å². The van der Waals surface area contributed by atoms with E-state index in [1.165, 1.54) is 0 Å². The minimum atomic E-state index is -0.106. The largest absolute Gasteiger partial charge is 0.396 e. The van der Waals surface area contributed by atoms with Crippen LogP contribution in [-0.2, 0) is 6.42 Å². The van der Waals surface area contributed by atoms with E-state index in [1.807, 2.05) is 19.1 Å². The van der Waals surface area contributed by atoms with Crippen molar-refractivity contribution in [2.75, 3.05) is 13.2 Å².